The van der Waals surface area contributed by atoms with Crippen molar-refractivity contribution in [3.05, 3.63) is 131 Å². The fourth-order valence-corrected chi connectivity index (χ4v) is 5.43. The standard InChI is InChI=1S/C31H22ClFN6/c1-19-27-28(23-14-5-6-15-24(23)33)38-26-17-8-7-16-25(26)35-29(34-21-11-9-10-20(32)18-21)31(38)36-30(27)39(37-19)22-12-3-2-4-13-22/h2-18,28H,1H3,(H,34,35)/t28-/m0/s1. The van der Waals surface area contributed by atoms with E-state index >= 15 is 4.39 Å². The predicted molar refractivity (Wildman–Crippen MR) is 155 cm³/mol. The van der Waals surface area contributed by atoms with Crippen LogP contribution in [0.1, 0.15) is 22.9 Å². The Kier molecular flexibility index (Phi) is 5.52. The molecule has 1 aromatic heterocycles. The number of fused-ring (bicyclic) bond motifs is 4. The van der Waals surface area contributed by atoms with Crippen LogP contribution in [0.5, 0.6) is 0 Å². The van der Waals surface area contributed by atoms with Gasteiger partial charge in [0.25, 0.3) is 0 Å². The summed E-state index contributed by atoms with van der Waals surface area (Å²) < 4.78 is 17.4. The van der Waals surface area contributed by atoms with E-state index in [1.165, 1.54) is 6.07 Å². The van der Waals surface area contributed by atoms with Crippen LogP contribution in [0.3, 0.4) is 0 Å². The lowest BCUT2D eigenvalue weighted by Crippen LogP contribution is -2.46. The van der Waals surface area contributed by atoms with E-state index in [0.29, 0.717) is 28.1 Å². The highest BCUT2D eigenvalue weighted by Gasteiger charge is 2.42. The maximum absolute atomic E-state index is 15.6. The van der Waals surface area contributed by atoms with E-state index in [9.17, 15) is 0 Å². The second kappa shape index (κ2) is 9.22. The van der Waals surface area contributed by atoms with Crippen LogP contribution >= 0.6 is 11.6 Å². The lowest BCUT2D eigenvalue weighted by atomic mass is 9.93. The molecule has 0 amide bonds. The van der Waals surface area contributed by atoms with Crippen molar-refractivity contribution in [1.82, 2.24) is 9.78 Å². The zero-order chi connectivity index (χ0) is 26.5. The lowest BCUT2D eigenvalue weighted by Gasteiger charge is -2.40. The number of para-hydroxylation sites is 3. The Morgan fingerprint density at radius 3 is 2.44 bits per heavy atom. The van der Waals surface area contributed by atoms with Gasteiger partial charge in [0.2, 0.25) is 0 Å². The van der Waals surface area contributed by atoms with Gasteiger partial charge in [0.05, 0.1) is 28.8 Å². The summed E-state index contributed by atoms with van der Waals surface area (Å²) in [6.07, 6.45) is 0. The molecule has 5 aromatic rings. The van der Waals surface area contributed by atoms with E-state index in [0.717, 1.165) is 34.0 Å². The van der Waals surface area contributed by atoms with Crippen LogP contribution in [0, 0.1) is 12.7 Å². The van der Waals surface area contributed by atoms with E-state index < -0.39 is 6.04 Å². The van der Waals surface area contributed by atoms with Crippen LogP contribution in [0.25, 0.3) is 5.69 Å². The van der Waals surface area contributed by atoms with Gasteiger partial charge in [-0.05, 0) is 55.5 Å². The maximum Gasteiger partial charge on any atom is 0.179 e. The third kappa shape index (κ3) is 3.90. The molecular weight excluding hydrogens is 511 g/mol. The summed E-state index contributed by atoms with van der Waals surface area (Å²) in [7, 11) is 0. The topological polar surface area (TPSA) is 57.8 Å². The third-order valence-corrected chi connectivity index (χ3v) is 7.16. The van der Waals surface area contributed by atoms with Crippen molar-refractivity contribution in [1.29, 1.82) is 0 Å². The number of nitrogens with zero attached hydrogens (tertiary/aromatic N) is 5. The molecule has 0 radical (unpaired) electrons. The molecule has 0 unspecified atom stereocenters. The highest BCUT2D eigenvalue weighted by atomic mass is 35.5. The average Bonchev–Trinajstić information content (AvgIpc) is 3.29. The fraction of sp³-hybridized carbons (Fsp3) is 0.0645. The highest BCUT2D eigenvalue weighted by molar-refractivity contribution is 6.51. The van der Waals surface area contributed by atoms with Gasteiger partial charge in [-0.25, -0.2) is 19.1 Å². The highest BCUT2D eigenvalue weighted by Crippen LogP contribution is 2.48. The molecule has 4 aromatic carbocycles. The monoisotopic (exact) mass is 532 g/mol. The molecule has 0 bridgehead atoms. The van der Waals surface area contributed by atoms with E-state index in [2.05, 4.69) is 10.2 Å². The van der Waals surface area contributed by atoms with Crippen molar-refractivity contribution in [3.63, 3.8) is 0 Å². The van der Waals surface area contributed by atoms with E-state index in [1.807, 2.05) is 103 Å². The molecule has 1 N–H and O–H groups in total. The molecule has 6 nitrogen and oxygen atoms in total. The van der Waals surface area contributed by atoms with Gasteiger partial charge >= 0.3 is 0 Å². The molecule has 2 aliphatic heterocycles. The number of aliphatic imine (C=N–C) groups is 2. The number of aromatic nitrogens is 2. The molecule has 0 spiro atoms. The molecule has 1 atom stereocenters. The lowest BCUT2D eigenvalue weighted by molar-refractivity contribution is 0.597. The number of nitrogens with one attached hydrogen (secondary N) is 1. The van der Waals surface area contributed by atoms with E-state index in [-0.39, 0.29) is 5.82 Å². The Labute approximate surface area is 229 Å². The molecule has 0 fully saturated rings. The van der Waals surface area contributed by atoms with Crippen LogP contribution in [0.4, 0.5) is 27.3 Å². The second-order valence-corrected chi connectivity index (χ2v) is 9.82. The number of aryl methyl sites for hydroxylation is 1. The summed E-state index contributed by atoms with van der Waals surface area (Å²) in [4.78, 5) is 12.2. The van der Waals surface area contributed by atoms with Crippen molar-refractivity contribution in [3.8, 4) is 5.69 Å². The first kappa shape index (κ1) is 23.4. The Hall–Kier alpha value is -4.75. The molecule has 2 aliphatic rings. The number of halogens is 2. The van der Waals surface area contributed by atoms with Gasteiger partial charge < -0.3 is 10.2 Å². The van der Waals surface area contributed by atoms with Crippen molar-refractivity contribution in [2.24, 2.45) is 9.98 Å². The van der Waals surface area contributed by atoms with E-state index in [1.54, 1.807) is 6.07 Å². The summed E-state index contributed by atoms with van der Waals surface area (Å²) >= 11 is 6.29. The predicted octanol–water partition coefficient (Wildman–Crippen LogP) is 7.77. The number of rotatable bonds is 3. The van der Waals surface area contributed by atoms with Gasteiger partial charge in [-0.3, -0.25) is 0 Å². The fourth-order valence-electron chi connectivity index (χ4n) is 5.24. The van der Waals surface area contributed by atoms with E-state index in [4.69, 9.17) is 26.7 Å². The molecule has 190 valence electrons. The first-order valence-corrected chi connectivity index (χ1v) is 12.9. The zero-order valence-electron chi connectivity index (χ0n) is 20.9. The minimum Gasteiger partial charge on any atom is -0.337 e. The van der Waals surface area contributed by atoms with Gasteiger partial charge in [0, 0.05) is 21.8 Å². The van der Waals surface area contributed by atoms with Gasteiger partial charge in [0.1, 0.15) is 5.82 Å². The third-order valence-electron chi connectivity index (χ3n) is 6.93. The minimum atomic E-state index is -0.529. The Bertz CT molecular complexity index is 1790. The van der Waals surface area contributed by atoms with Crippen molar-refractivity contribution >= 4 is 46.2 Å². The smallest absolute Gasteiger partial charge is 0.179 e. The molecule has 0 aliphatic carbocycles. The van der Waals surface area contributed by atoms with Crippen LogP contribution < -0.4 is 10.2 Å². The molecule has 7 rings (SSSR count). The number of hydrogen-bond donors (Lipinski definition) is 1. The Balaban J connectivity index is 1.52. The summed E-state index contributed by atoms with van der Waals surface area (Å²) in [5, 5.41) is 8.90. The van der Waals surface area contributed by atoms with Crippen LogP contribution in [0.2, 0.25) is 5.02 Å². The SMILES string of the molecule is Cc1nn(-c2ccccc2)c2c1[C@H](c1ccccc1F)N1C(=N2)C(Nc2cccc(Cl)c2)=Nc2ccccc21. The van der Waals surface area contributed by atoms with Gasteiger partial charge in [-0.2, -0.15) is 5.10 Å². The average molecular weight is 533 g/mol. The molecule has 0 saturated carbocycles. The van der Waals surface area contributed by atoms with Crippen LogP contribution in [-0.2, 0) is 0 Å². The zero-order valence-corrected chi connectivity index (χ0v) is 21.6. The Morgan fingerprint density at radius 1 is 0.846 bits per heavy atom. The number of amidine groups is 2. The summed E-state index contributed by atoms with van der Waals surface area (Å²) in [5.41, 5.74) is 5.35. The molecule has 39 heavy (non-hydrogen) atoms. The van der Waals surface area contributed by atoms with Gasteiger partial charge in [0.15, 0.2) is 17.5 Å². The minimum absolute atomic E-state index is 0.300. The van der Waals surface area contributed by atoms with Crippen molar-refractivity contribution in [2.45, 2.75) is 13.0 Å². The molecule has 8 heteroatoms. The van der Waals surface area contributed by atoms with Crippen LogP contribution in [-0.4, -0.2) is 21.5 Å². The second-order valence-electron chi connectivity index (χ2n) is 9.38. The van der Waals surface area contributed by atoms with Gasteiger partial charge in [-0.1, -0.05) is 66.2 Å². The summed E-state index contributed by atoms with van der Waals surface area (Å²) in [6, 6.07) is 31.4. The quantitative estimate of drug-likeness (QED) is 0.258. The van der Waals surface area contributed by atoms with Crippen LogP contribution in [0.15, 0.2) is 113 Å². The maximum atomic E-state index is 15.6. The molecule has 3 heterocycles. The first-order valence-electron chi connectivity index (χ1n) is 12.6. The first-order chi connectivity index (χ1) is 19.1. The summed E-state index contributed by atoms with van der Waals surface area (Å²) in [6.45, 7) is 1.95. The molecular formula is C31H22ClFN6. The van der Waals surface area contributed by atoms with Gasteiger partial charge in [-0.15, -0.1) is 0 Å². The Morgan fingerprint density at radius 2 is 1.62 bits per heavy atom. The normalized spacial score (nSPS) is 15.6. The number of anilines is 2. The summed E-state index contributed by atoms with van der Waals surface area (Å²) in [5.74, 6) is 1.43. The number of benzene rings is 4. The van der Waals surface area contributed by atoms with Crippen molar-refractivity contribution in [2.75, 3.05) is 10.2 Å². The molecule has 0 saturated heterocycles. The number of hydrogen-bond acceptors (Lipinski definition) is 5. The largest absolute Gasteiger partial charge is 0.337 e. The van der Waals surface area contributed by atoms with Crippen molar-refractivity contribution < 1.29 is 4.39 Å².